The van der Waals surface area contributed by atoms with Gasteiger partial charge in [-0.1, -0.05) is 0 Å². The van der Waals surface area contributed by atoms with Crippen molar-refractivity contribution in [3.8, 4) is 0 Å². The van der Waals surface area contributed by atoms with Crippen LogP contribution in [0.2, 0.25) is 0 Å². The van der Waals surface area contributed by atoms with Crippen molar-refractivity contribution in [1.82, 2.24) is 14.7 Å². The van der Waals surface area contributed by atoms with Crippen LogP contribution in [0.15, 0.2) is 4.47 Å². The van der Waals surface area contributed by atoms with E-state index in [0.29, 0.717) is 0 Å². The summed E-state index contributed by atoms with van der Waals surface area (Å²) in [6.07, 6.45) is 3.49. The zero-order valence-electron chi connectivity index (χ0n) is 11.2. The van der Waals surface area contributed by atoms with Gasteiger partial charge in [0.25, 0.3) is 0 Å². The molecule has 0 N–H and O–H groups in total. The number of rotatable bonds is 2. The van der Waals surface area contributed by atoms with Crippen LogP contribution < -0.4 is 0 Å². The summed E-state index contributed by atoms with van der Waals surface area (Å²) < 4.78 is 2.83. The largest absolute Gasteiger partial charge is 0.341 e. The molecule has 0 saturated carbocycles. The zero-order chi connectivity index (χ0) is 13.3. The van der Waals surface area contributed by atoms with E-state index in [1.807, 2.05) is 30.4 Å². The molecule has 4 nitrogen and oxygen atoms in total. The van der Waals surface area contributed by atoms with E-state index in [0.717, 1.165) is 41.8 Å². The van der Waals surface area contributed by atoms with E-state index in [4.69, 9.17) is 0 Å². The Bertz CT molecular complexity index is 449. The number of hydrogen-bond acceptors (Lipinski definition) is 2. The summed E-state index contributed by atoms with van der Waals surface area (Å²) in [5.74, 6) is 0.188. The first-order chi connectivity index (χ1) is 8.52. The number of nitrogens with zero attached hydrogens (tertiary/aromatic N) is 3. The molecule has 1 saturated heterocycles. The Hall–Kier alpha value is -0.840. The van der Waals surface area contributed by atoms with E-state index >= 15 is 0 Å². The Morgan fingerprint density at radius 2 is 1.89 bits per heavy atom. The smallest absolute Gasteiger partial charge is 0.247 e. The van der Waals surface area contributed by atoms with Gasteiger partial charge in [0.15, 0.2) is 0 Å². The third-order valence-corrected chi connectivity index (χ3v) is 4.78. The minimum Gasteiger partial charge on any atom is -0.341 e. The molecule has 1 aromatic rings. The van der Waals surface area contributed by atoms with Crippen LogP contribution in [0, 0.1) is 13.8 Å². The van der Waals surface area contributed by atoms with Gasteiger partial charge in [0.1, 0.15) is 6.04 Å². The highest BCUT2D eigenvalue weighted by Crippen LogP contribution is 2.24. The molecule has 5 heteroatoms. The number of halogens is 1. The molecule has 0 radical (unpaired) electrons. The lowest BCUT2D eigenvalue weighted by molar-refractivity contribution is -0.135. The Morgan fingerprint density at radius 3 is 2.39 bits per heavy atom. The van der Waals surface area contributed by atoms with Crippen LogP contribution in [-0.4, -0.2) is 33.7 Å². The Morgan fingerprint density at radius 1 is 1.28 bits per heavy atom. The highest BCUT2D eigenvalue weighted by atomic mass is 79.9. The normalized spacial score (nSPS) is 17.9. The van der Waals surface area contributed by atoms with Crippen LogP contribution in [0.25, 0.3) is 0 Å². The van der Waals surface area contributed by atoms with Crippen molar-refractivity contribution < 1.29 is 4.79 Å². The lowest BCUT2D eigenvalue weighted by Crippen LogP contribution is -2.40. The van der Waals surface area contributed by atoms with Crippen molar-refractivity contribution in [2.75, 3.05) is 13.1 Å². The number of amides is 1. The van der Waals surface area contributed by atoms with E-state index in [1.54, 1.807) is 0 Å². The molecule has 100 valence electrons. The summed E-state index contributed by atoms with van der Waals surface area (Å²) in [4.78, 5) is 14.4. The third kappa shape index (κ3) is 2.46. The molecule has 1 amide bonds. The highest BCUT2D eigenvalue weighted by molar-refractivity contribution is 9.10. The molecule has 0 aromatic carbocycles. The minimum atomic E-state index is -0.215. The monoisotopic (exact) mass is 313 g/mol. The average molecular weight is 314 g/mol. The molecule has 0 spiro atoms. The standard InChI is InChI=1S/C13H20BrN3O/c1-9-12(14)10(2)17(15-9)11(3)13(18)16-7-5-4-6-8-16/h11H,4-8H2,1-3H3. The molecule has 18 heavy (non-hydrogen) atoms. The first kappa shape index (κ1) is 13.6. The molecular formula is C13H20BrN3O. The molecule has 2 rings (SSSR count). The zero-order valence-corrected chi connectivity index (χ0v) is 12.8. The van der Waals surface area contributed by atoms with Crippen molar-refractivity contribution in [1.29, 1.82) is 0 Å². The number of hydrogen-bond donors (Lipinski definition) is 0. The van der Waals surface area contributed by atoms with Gasteiger partial charge in [-0.15, -0.1) is 0 Å². The second-order valence-corrected chi connectivity index (χ2v) is 5.78. The molecule has 1 aromatic heterocycles. The second-order valence-electron chi connectivity index (χ2n) is 4.99. The number of aryl methyl sites for hydroxylation is 1. The maximum atomic E-state index is 12.4. The number of piperidine rings is 1. The van der Waals surface area contributed by atoms with E-state index < -0.39 is 0 Å². The summed E-state index contributed by atoms with van der Waals surface area (Å²) in [6, 6.07) is -0.215. The average Bonchev–Trinajstić information content (AvgIpc) is 2.66. The minimum absolute atomic E-state index is 0.188. The van der Waals surface area contributed by atoms with E-state index in [-0.39, 0.29) is 11.9 Å². The SMILES string of the molecule is Cc1nn(C(C)C(=O)N2CCCCC2)c(C)c1Br. The lowest BCUT2D eigenvalue weighted by Gasteiger charge is -2.29. The van der Waals surface area contributed by atoms with Gasteiger partial charge in [0.05, 0.1) is 15.9 Å². The number of carbonyl (C=O) groups excluding carboxylic acids is 1. The van der Waals surface area contributed by atoms with Crippen molar-refractivity contribution in [3.05, 3.63) is 15.9 Å². The number of carbonyl (C=O) groups is 1. The van der Waals surface area contributed by atoms with Crippen molar-refractivity contribution in [2.24, 2.45) is 0 Å². The lowest BCUT2D eigenvalue weighted by atomic mass is 10.1. The third-order valence-electron chi connectivity index (χ3n) is 3.63. The summed E-state index contributed by atoms with van der Waals surface area (Å²) in [5, 5.41) is 4.45. The van der Waals surface area contributed by atoms with Gasteiger partial charge in [-0.05, 0) is 56.0 Å². The molecular weight excluding hydrogens is 294 g/mol. The van der Waals surface area contributed by atoms with Gasteiger partial charge in [-0.25, -0.2) is 0 Å². The molecule has 2 heterocycles. The molecule has 1 aliphatic rings. The molecule has 0 aliphatic carbocycles. The van der Waals surface area contributed by atoms with Gasteiger partial charge in [-0.3, -0.25) is 9.48 Å². The van der Waals surface area contributed by atoms with Gasteiger partial charge < -0.3 is 4.90 Å². The topological polar surface area (TPSA) is 38.1 Å². The number of aromatic nitrogens is 2. The molecule has 1 unspecified atom stereocenters. The van der Waals surface area contributed by atoms with Crippen LogP contribution in [0.1, 0.15) is 43.6 Å². The summed E-state index contributed by atoms with van der Waals surface area (Å²) in [5.41, 5.74) is 1.95. The second kappa shape index (κ2) is 5.43. The predicted octanol–water partition coefficient (Wildman–Crippen LogP) is 2.84. The summed E-state index contributed by atoms with van der Waals surface area (Å²) in [6.45, 7) is 7.66. The van der Waals surface area contributed by atoms with Gasteiger partial charge in [-0.2, -0.15) is 5.10 Å². The van der Waals surface area contributed by atoms with Crippen LogP contribution in [0.3, 0.4) is 0 Å². The van der Waals surface area contributed by atoms with Gasteiger partial charge >= 0.3 is 0 Å². The van der Waals surface area contributed by atoms with E-state index in [1.165, 1.54) is 6.42 Å². The fourth-order valence-electron chi connectivity index (χ4n) is 2.50. The van der Waals surface area contributed by atoms with Gasteiger partial charge in [0.2, 0.25) is 5.91 Å². The molecule has 1 atom stereocenters. The van der Waals surface area contributed by atoms with E-state index in [9.17, 15) is 4.79 Å². The Balaban J connectivity index is 2.17. The van der Waals surface area contributed by atoms with Crippen molar-refractivity contribution in [2.45, 2.75) is 46.1 Å². The maximum absolute atomic E-state index is 12.4. The van der Waals surface area contributed by atoms with Crippen LogP contribution in [0.4, 0.5) is 0 Å². The fourth-order valence-corrected chi connectivity index (χ4v) is 2.76. The molecule has 0 bridgehead atoms. The quantitative estimate of drug-likeness (QED) is 0.842. The highest BCUT2D eigenvalue weighted by Gasteiger charge is 2.25. The van der Waals surface area contributed by atoms with E-state index in [2.05, 4.69) is 21.0 Å². The first-order valence-electron chi connectivity index (χ1n) is 6.52. The van der Waals surface area contributed by atoms with Crippen molar-refractivity contribution >= 4 is 21.8 Å². The van der Waals surface area contributed by atoms with Gasteiger partial charge in [0, 0.05) is 13.1 Å². The Labute approximate surface area is 116 Å². The van der Waals surface area contributed by atoms with Crippen LogP contribution >= 0.6 is 15.9 Å². The summed E-state index contributed by atoms with van der Waals surface area (Å²) in [7, 11) is 0. The predicted molar refractivity (Wildman–Crippen MR) is 74.5 cm³/mol. The Kier molecular flexibility index (Phi) is 4.10. The van der Waals surface area contributed by atoms with Crippen LogP contribution in [0.5, 0.6) is 0 Å². The summed E-state index contributed by atoms with van der Waals surface area (Å²) >= 11 is 3.51. The number of likely N-dealkylation sites (tertiary alicyclic amines) is 1. The molecule has 1 fully saturated rings. The molecule has 1 aliphatic heterocycles. The first-order valence-corrected chi connectivity index (χ1v) is 7.31. The maximum Gasteiger partial charge on any atom is 0.247 e. The fraction of sp³-hybridized carbons (Fsp3) is 0.692. The van der Waals surface area contributed by atoms with Crippen molar-refractivity contribution in [3.63, 3.8) is 0 Å². The van der Waals surface area contributed by atoms with Crippen LogP contribution in [-0.2, 0) is 4.79 Å².